The predicted octanol–water partition coefficient (Wildman–Crippen LogP) is 5.52. The van der Waals surface area contributed by atoms with Crippen molar-refractivity contribution in [3.8, 4) is 0 Å². The third kappa shape index (κ3) is 3.61. The molecular weight excluding hydrogens is 252 g/mol. The summed E-state index contributed by atoms with van der Waals surface area (Å²) in [7, 11) is 0. The van der Waals surface area contributed by atoms with E-state index in [0.717, 1.165) is 6.42 Å². The summed E-state index contributed by atoms with van der Waals surface area (Å²) in [6, 6.07) is 17.0. The van der Waals surface area contributed by atoms with Crippen LogP contribution in [-0.4, -0.2) is 0 Å². The van der Waals surface area contributed by atoms with E-state index >= 15 is 0 Å². The quantitative estimate of drug-likeness (QED) is 0.643. The fourth-order valence-corrected chi connectivity index (χ4v) is 2.74. The van der Waals surface area contributed by atoms with Crippen molar-refractivity contribution in [1.29, 1.82) is 0 Å². The molecule has 0 N–H and O–H groups in total. The van der Waals surface area contributed by atoms with Crippen LogP contribution in [-0.2, 0) is 6.42 Å². The molecule has 100 valence electrons. The van der Waals surface area contributed by atoms with Gasteiger partial charge in [0.2, 0.25) is 0 Å². The summed E-state index contributed by atoms with van der Waals surface area (Å²) in [4.78, 5) is 0. The summed E-state index contributed by atoms with van der Waals surface area (Å²) in [6.45, 7) is 6.59. The molecule has 0 bridgehead atoms. The van der Waals surface area contributed by atoms with E-state index in [1.807, 2.05) is 12.1 Å². The van der Waals surface area contributed by atoms with Crippen molar-refractivity contribution < 1.29 is 0 Å². The minimum Gasteiger partial charge on any atom is -0.113 e. The first kappa shape index (κ1) is 14.1. The second kappa shape index (κ2) is 6.25. The van der Waals surface area contributed by atoms with Crippen LogP contribution >= 0.6 is 11.6 Å². The molecule has 1 heteroatoms. The van der Waals surface area contributed by atoms with Gasteiger partial charge in [-0.25, -0.2) is 0 Å². The van der Waals surface area contributed by atoms with Gasteiger partial charge in [0, 0.05) is 0 Å². The first-order chi connectivity index (χ1) is 9.08. The van der Waals surface area contributed by atoms with Gasteiger partial charge in [0.05, 0.1) is 5.38 Å². The Balaban J connectivity index is 2.20. The molecule has 0 heterocycles. The molecule has 1 unspecified atom stereocenters. The van der Waals surface area contributed by atoms with Crippen LogP contribution in [0.3, 0.4) is 0 Å². The van der Waals surface area contributed by atoms with Gasteiger partial charge in [-0.2, -0.15) is 0 Å². The summed E-state index contributed by atoms with van der Waals surface area (Å²) in [5.41, 5.74) is 4.99. The molecular formula is C18H21Cl. The zero-order valence-electron chi connectivity index (χ0n) is 11.9. The minimum atomic E-state index is -0.0608. The Hall–Kier alpha value is -1.27. The van der Waals surface area contributed by atoms with Gasteiger partial charge in [-0.05, 0) is 41.5 Å². The Morgan fingerprint density at radius 2 is 1.58 bits per heavy atom. The van der Waals surface area contributed by atoms with Crippen molar-refractivity contribution in [3.63, 3.8) is 0 Å². The van der Waals surface area contributed by atoms with E-state index in [4.69, 9.17) is 11.6 Å². The summed E-state index contributed by atoms with van der Waals surface area (Å²) in [5.74, 6) is 0.689. The standard InChI is InChI=1S/C18H21Cl/c1-13(2)12-15-8-10-16(11-9-15)18(19)17-7-5-4-6-14(17)3/h4-11,13,18H,12H2,1-3H3. The Kier molecular flexibility index (Phi) is 4.66. The van der Waals surface area contributed by atoms with Gasteiger partial charge < -0.3 is 0 Å². The summed E-state index contributed by atoms with van der Waals surface area (Å²) in [6.07, 6.45) is 1.12. The van der Waals surface area contributed by atoms with Gasteiger partial charge in [-0.15, -0.1) is 11.6 Å². The largest absolute Gasteiger partial charge is 0.113 e. The molecule has 0 aliphatic rings. The van der Waals surface area contributed by atoms with Crippen LogP contribution in [0.1, 0.15) is 41.5 Å². The highest BCUT2D eigenvalue weighted by Crippen LogP contribution is 2.31. The Labute approximate surface area is 121 Å². The second-order valence-electron chi connectivity index (χ2n) is 5.56. The average molecular weight is 273 g/mol. The highest BCUT2D eigenvalue weighted by Gasteiger charge is 2.12. The lowest BCUT2D eigenvalue weighted by Gasteiger charge is -2.14. The molecule has 1 atom stereocenters. The van der Waals surface area contributed by atoms with Gasteiger partial charge in [-0.1, -0.05) is 62.4 Å². The monoisotopic (exact) mass is 272 g/mol. The van der Waals surface area contributed by atoms with E-state index in [1.165, 1.54) is 22.3 Å². The molecule has 2 aromatic rings. The van der Waals surface area contributed by atoms with Crippen LogP contribution in [0.2, 0.25) is 0 Å². The van der Waals surface area contributed by atoms with Crippen molar-refractivity contribution in [3.05, 3.63) is 70.8 Å². The highest BCUT2D eigenvalue weighted by molar-refractivity contribution is 6.22. The summed E-state index contributed by atoms with van der Waals surface area (Å²) < 4.78 is 0. The van der Waals surface area contributed by atoms with E-state index < -0.39 is 0 Å². The molecule has 0 aliphatic carbocycles. The smallest absolute Gasteiger partial charge is 0.0838 e. The third-order valence-electron chi connectivity index (χ3n) is 3.38. The molecule has 2 aromatic carbocycles. The number of benzene rings is 2. The van der Waals surface area contributed by atoms with Crippen LogP contribution in [0.4, 0.5) is 0 Å². The third-order valence-corrected chi connectivity index (χ3v) is 3.86. The number of aryl methyl sites for hydroxylation is 1. The Bertz CT molecular complexity index is 526. The number of alkyl halides is 1. The lowest BCUT2D eigenvalue weighted by atomic mass is 9.97. The molecule has 0 amide bonds. The normalized spacial score (nSPS) is 12.7. The van der Waals surface area contributed by atoms with Crippen molar-refractivity contribution >= 4 is 11.6 Å². The van der Waals surface area contributed by atoms with Crippen LogP contribution in [0, 0.1) is 12.8 Å². The van der Waals surface area contributed by atoms with Crippen molar-refractivity contribution in [2.45, 2.75) is 32.6 Å². The molecule has 0 aromatic heterocycles. The molecule has 0 saturated heterocycles. The zero-order valence-corrected chi connectivity index (χ0v) is 12.6. The van der Waals surface area contributed by atoms with Gasteiger partial charge >= 0.3 is 0 Å². The predicted molar refractivity (Wildman–Crippen MR) is 83.9 cm³/mol. The molecule has 0 saturated carbocycles. The summed E-state index contributed by atoms with van der Waals surface area (Å²) in [5, 5.41) is -0.0608. The first-order valence-electron chi connectivity index (χ1n) is 6.86. The zero-order chi connectivity index (χ0) is 13.8. The van der Waals surface area contributed by atoms with Crippen LogP contribution in [0.15, 0.2) is 48.5 Å². The fourth-order valence-electron chi connectivity index (χ4n) is 2.34. The van der Waals surface area contributed by atoms with Crippen molar-refractivity contribution in [2.24, 2.45) is 5.92 Å². The number of halogens is 1. The Morgan fingerprint density at radius 3 is 2.16 bits per heavy atom. The molecule has 19 heavy (non-hydrogen) atoms. The molecule has 0 spiro atoms. The molecule has 0 aliphatic heterocycles. The molecule has 0 fully saturated rings. The highest BCUT2D eigenvalue weighted by atomic mass is 35.5. The Morgan fingerprint density at radius 1 is 0.947 bits per heavy atom. The van der Waals surface area contributed by atoms with E-state index in [9.17, 15) is 0 Å². The van der Waals surface area contributed by atoms with Gasteiger partial charge in [0.25, 0.3) is 0 Å². The minimum absolute atomic E-state index is 0.0608. The maximum Gasteiger partial charge on any atom is 0.0838 e. The van der Waals surface area contributed by atoms with Gasteiger partial charge in [0.1, 0.15) is 0 Å². The first-order valence-corrected chi connectivity index (χ1v) is 7.30. The maximum absolute atomic E-state index is 6.59. The fraction of sp³-hybridized carbons (Fsp3) is 0.333. The van der Waals surface area contributed by atoms with Crippen LogP contribution in [0.25, 0.3) is 0 Å². The van der Waals surface area contributed by atoms with Crippen LogP contribution < -0.4 is 0 Å². The molecule has 0 nitrogen and oxygen atoms in total. The number of rotatable bonds is 4. The SMILES string of the molecule is Cc1ccccc1C(Cl)c1ccc(CC(C)C)cc1. The summed E-state index contributed by atoms with van der Waals surface area (Å²) >= 11 is 6.59. The molecule has 2 rings (SSSR count). The number of hydrogen-bond acceptors (Lipinski definition) is 0. The van der Waals surface area contributed by atoms with E-state index in [-0.39, 0.29) is 5.38 Å². The second-order valence-corrected chi connectivity index (χ2v) is 6.00. The average Bonchev–Trinajstić information content (AvgIpc) is 2.39. The van der Waals surface area contributed by atoms with Crippen molar-refractivity contribution in [1.82, 2.24) is 0 Å². The van der Waals surface area contributed by atoms with Gasteiger partial charge in [0.15, 0.2) is 0 Å². The van der Waals surface area contributed by atoms with Crippen molar-refractivity contribution in [2.75, 3.05) is 0 Å². The van der Waals surface area contributed by atoms with E-state index in [0.29, 0.717) is 5.92 Å². The lowest BCUT2D eigenvalue weighted by Crippen LogP contribution is -1.98. The van der Waals surface area contributed by atoms with E-state index in [2.05, 4.69) is 57.2 Å². The lowest BCUT2D eigenvalue weighted by molar-refractivity contribution is 0.647. The van der Waals surface area contributed by atoms with Crippen LogP contribution in [0.5, 0.6) is 0 Å². The molecule has 0 radical (unpaired) electrons. The maximum atomic E-state index is 6.59. The number of hydrogen-bond donors (Lipinski definition) is 0. The van der Waals surface area contributed by atoms with Gasteiger partial charge in [-0.3, -0.25) is 0 Å². The topological polar surface area (TPSA) is 0 Å². The van der Waals surface area contributed by atoms with E-state index in [1.54, 1.807) is 0 Å².